The van der Waals surface area contributed by atoms with E-state index < -0.39 is 0 Å². The Balaban J connectivity index is 2.18. The number of amidine groups is 1. The highest BCUT2D eigenvalue weighted by Gasteiger charge is 2.24. The molecule has 1 aromatic rings. The number of pyridine rings is 1. The van der Waals surface area contributed by atoms with Gasteiger partial charge < -0.3 is 20.6 Å². The molecule has 0 aliphatic carbocycles. The Kier molecular flexibility index (Phi) is 3.66. The van der Waals surface area contributed by atoms with Gasteiger partial charge in [0.15, 0.2) is 5.84 Å². The number of nitrogens with zero attached hydrogens (tertiary/aromatic N) is 3. The van der Waals surface area contributed by atoms with Crippen LogP contribution in [0.1, 0.15) is 19.4 Å². The molecule has 3 N–H and O–H groups in total. The maximum atomic E-state index is 8.59. The Morgan fingerprint density at radius 1 is 1.56 bits per heavy atom. The summed E-state index contributed by atoms with van der Waals surface area (Å²) in [5.74, 6) is 0.949. The van der Waals surface area contributed by atoms with Crippen molar-refractivity contribution in [2.75, 3.05) is 18.1 Å². The van der Waals surface area contributed by atoms with Gasteiger partial charge in [-0.2, -0.15) is 0 Å². The van der Waals surface area contributed by atoms with E-state index in [9.17, 15) is 0 Å². The first kappa shape index (κ1) is 12.6. The molecular formula is C12H18N4O2. The van der Waals surface area contributed by atoms with E-state index in [2.05, 4.69) is 22.0 Å². The number of oxime groups is 1. The van der Waals surface area contributed by atoms with E-state index in [1.807, 2.05) is 13.0 Å². The van der Waals surface area contributed by atoms with Crippen molar-refractivity contribution in [2.45, 2.75) is 26.0 Å². The summed E-state index contributed by atoms with van der Waals surface area (Å²) in [5.41, 5.74) is 6.11. The van der Waals surface area contributed by atoms with E-state index in [1.165, 1.54) is 0 Å². The van der Waals surface area contributed by atoms with Crippen LogP contribution in [0.25, 0.3) is 0 Å². The fourth-order valence-electron chi connectivity index (χ4n) is 1.99. The van der Waals surface area contributed by atoms with Crippen molar-refractivity contribution < 1.29 is 9.94 Å². The van der Waals surface area contributed by atoms with Crippen LogP contribution in [-0.2, 0) is 4.74 Å². The van der Waals surface area contributed by atoms with Crippen molar-refractivity contribution in [3.8, 4) is 0 Å². The molecule has 2 unspecified atom stereocenters. The van der Waals surface area contributed by atoms with Gasteiger partial charge in [0.1, 0.15) is 5.82 Å². The van der Waals surface area contributed by atoms with Crippen molar-refractivity contribution in [3.05, 3.63) is 23.9 Å². The van der Waals surface area contributed by atoms with Gasteiger partial charge in [0.2, 0.25) is 0 Å². The molecule has 0 amide bonds. The van der Waals surface area contributed by atoms with Crippen LogP contribution in [0, 0.1) is 0 Å². The SMILES string of the molecule is CC1CN(c2ccc(/C(N)=N/O)cn2)C(C)CO1. The molecule has 98 valence electrons. The van der Waals surface area contributed by atoms with Crippen molar-refractivity contribution in [2.24, 2.45) is 10.9 Å². The molecule has 1 aliphatic rings. The number of aromatic nitrogens is 1. The van der Waals surface area contributed by atoms with Gasteiger partial charge in [-0.25, -0.2) is 4.98 Å². The molecule has 6 nitrogen and oxygen atoms in total. The van der Waals surface area contributed by atoms with Crippen molar-refractivity contribution in [3.63, 3.8) is 0 Å². The number of anilines is 1. The third-order valence-electron chi connectivity index (χ3n) is 3.05. The molecule has 0 aromatic carbocycles. The molecule has 0 bridgehead atoms. The van der Waals surface area contributed by atoms with Crippen molar-refractivity contribution >= 4 is 11.7 Å². The molecule has 18 heavy (non-hydrogen) atoms. The summed E-state index contributed by atoms with van der Waals surface area (Å²) in [5, 5.41) is 11.5. The molecule has 1 aromatic heterocycles. The van der Waals surface area contributed by atoms with Crippen LogP contribution in [0.3, 0.4) is 0 Å². The van der Waals surface area contributed by atoms with Crippen molar-refractivity contribution in [1.82, 2.24) is 4.98 Å². The highest BCUT2D eigenvalue weighted by Crippen LogP contribution is 2.19. The monoisotopic (exact) mass is 250 g/mol. The molecule has 2 atom stereocenters. The fraction of sp³-hybridized carbons (Fsp3) is 0.500. The normalized spacial score (nSPS) is 25.2. The first-order chi connectivity index (χ1) is 8.61. The lowest BCUT2D eigenvalue weighted by molar-refractivity contribution is 0.0340. The number of hydrogen-bond acceptors (Lipinski definition) is 5. The predicted molar refractivity (Wildman–Crippen MR) is 69.0 cm³/mol. The molecule has 1 aliphatic heterocycles. The minimum absolute atomic E-state index is 0.0671. The summed E-state index contributed by atoms with van der Waals surface area (Å²) in [6, 6.07) is 3.97. The van der Waals surface area contributed by atoms with E-state index in [-0.39, 0.29) is 11.9 Å². The van der Waals surface area contributed by atoms with Crippen LogP contribution < -0.4 is 10.6 Å². The second-order valence-corrected chi connectivity index (χ2v) is 4.54. The van der Waals surface area contributed by atoms with Gasteiger partial charge in [-0.3, -0.25) is 0 Å². The highest BCUT2D eigenvalue weighted by molar-refractivity contribution is 5.96. The van der Waals surface area contributed by atoms with E-state index in [1.54, 1.807) is 12.3 Å². The molecule has 6 heteroatoms. The summed E-state index contributed by atoms with van der Waals surface area (Å²) in [6.45, 7) is 5.66. The Morgan fingerprint density at radius 3 is 2.94 bits per heavy atom. The molecular weight excluding hydrogens is 232 g/mol. The predicted octanol–water partition coefficient (Wildman–Crippen LogP) is 0.790. The minimum Gasteiger partial charge on any atom is -0.409 e. The highest BCUT2D eigenvalue weighted by atomic mass is 16.5. The molecule has 0 radical (unpaired) electrons. The van der Waals surface area contributed by atoms with Crippen LogP contribution in [0.15, 0.2) is 23.5 Å². The van der Waals surface area contributed by atoms with E-state index in [0.717, 1.165) is 12.4 Å². The lowest BCUT2D eigenvalue weighted by Gasteiger charge is -2.37. The number of nitrogens with two attached hydrogens (primary N) is 1. The van der Waals surface area contributed by atoms with Crippen molar-refractivity contribution in [1.29, 1.82) is 0 Å². The van der Waals surface area contributed by atoms with Gasteiger partial charge >= 0.3 is 0 Å². The van der Waals surface area contributed by atoms with Gasteiger partial charge in [-0.15, -0.1) is 0 Å². The Bertz CT molecular complexity index is 432. The van der Waals surface area contributed by atoms with Crippen LogP contribution in [-0.4, -0.2) is 41.3 Å². The Labute approximate surface area is 106 Å². The van der Waals surface area contributed by atoms with Gasteiger partial charge in [-0.1, -0.05) is 5.16 Å². The zero-order valence-electron chi connectivity index (χ0n) is 10.6. The van der Waals surface area contributed by atoms with Gasteiger partial charge in [-0.05, 0) is 26.0 Å². The summed E-state index contributed by atoms with van der Waals surface area (Å²) in [4.78, 5) is 6.55. The molecule has 2 rings (SSSR count). The molecule has 1 fully saturated rings. The summed E-state index contributed by atoms with van der Waals surface area (Å²) < 4.78 is 5.58. The second kappa shape index (κ2) is 5.22. The Hall–Kier alpha value is -1.82. The molecule has 0 saturated carbocycles. The van der Waals surface area contributed by atoms with Gasteiger partial charge in [0.05, 0.1) is 18.8 Å². The number of hydrogen-bond donors (Lipinski definition) is 2. The lowest BCUT2D eigenvalue weighted by atomic mass is 10.2. The van der Waals surface area contributed by atoms with Crippen LogP contribution in [0.5, 0.6) is 0 Å². The summed E-state index contributed by atoms with van der Waals surface area (Å²) in [7, 11) is 0. The van der Waals surface area contributed by atoms with Crippen LogP contribution >= 0.6 is 0 Å². The number of rotatable bonds is 2. The topological polar surface area (TPSA) is 84.0 Å². The minimum atomic E-state index is 0.0671. The smallest absolute Gasteiger partial charge is 0.171 e. The average molecular weight is 250 g/mol. The number of morpholine rings is 1. The summed E-state index contributed by atoms with van der Waals surface area (Å²) in [6.07, 6.45) is 1.81. The van der Waals surface area contributed by atoms with E-state index >= 15 is 0 Å². The van der Waals surface area contributed by atoms with Gasteiger partial charge in [0.25, 0.3) is 0 Å². The van der Waals surface area contributed by atoms with E-state index in [4.69, 9.17) is 15.7 Å². The first-order valence-corrected chi connectivity index (χ1v) is 5.94. The third kappa shape index (κ3) is 2.53. The summed E-state index contributed by atoms with van der Waals surface area (Å²) >= 11 is 0. The zero-order valence-corrected chi connectivity index (χ0v) is 10.6. The van der Waals surface area contributed by atoms with Crippen LogP contribution in [0.4, 0.5) is 5.82 Å². The maximum absolute atomic E-state index is 8.59. The number of ether oxygens (including phenoxy) is 1. The first-order valence-electron chi connectivity index (χ1n) is 5.94. The second-order valence-electron chi connectivity index (χ2n) is 4.54. The molecule has 0 spiro atoms. The zero-order chi connectivity index (χ0) is 13.1. The third-order valence-corrected chi connectivity index (χ3v) is 3.05. The maximum Gasteiger partial charge on any atom is 0.171 e. The van der Waals surface area contributed by atoms with Gasteiger partial charge in [0, 0.05) is 18.3 Å². The molecule has 1 saturated heterocycles. The average Bonchev–Trinajstić information content (AvgIpc) is 2.41. The lowest BCUT2D eigenvalue weighted by Crippen LogP contribution is -2.47. The fourth-order valence-corrected chi connectivity index (χ4v) is 1.99. The Morgan fingerprint density at radius 2 is 2.33 bits per heavy atom. The largest absolute Gasteiger partial charge is 0.409 e. The molecule has 2 heterocycles. The van der Waals surface area contributed by atoms with Crippen LogP contribution in [0.2, 0.25) is 0 Å². The quantitative estimate of drug-likeness (QED) is 0.351. The standard InChI is InChI=1S/C12H18N4O2/c1-8-7-18-9(2)6-16(8)11-4-3-10(5-14-11)12(13)15-17/h3-5,8-9,17H,6-7H2,1-2H3,(H2,13,15). The van der Waals surface area contributed by atoms with E-state index in [0.29, 0.717) is 18.2 Å².